The van der Waals surface area contributed by atoms with Gasteiger partial charge in [-0.1, -0.05) is 6.07 Å². The first-order valence-electron chi connectivity index (χ1n) is 6.68. The number of hydrogen-bond donors (Lipinski definition) is 1. The van der Waals surface area contributed by atoms with Gasteiger partial charge in [0.15, 0.2) is 0 Å². The third-order valence-corrected chi connectivity index (χ3v) is 4.45. The summed E-state index contributed by atoms with van der Waals surface area (Å²) in [6.07, 6.45) is 0. The fraction of sp³-hybridized carbons (Fsp3) is 0.625. The lowest BCUT2D eigenvalue weighted by molar-refractivity contribution is 0.155. The van der Waals surface area contributed by atoms with Crippen molar-refractivity contribution in [2.75, 3.05) is 13.6 Å². The fourth-order valence-corrected chi connectivity index (χ4v) is 2.14. The highest BCUT2D eigenvalue weighted by atomic mass is 15.2. The van der Waals surface area contributed by atoms with Crippen LogP contribution in [0, 0.1) is 27.7 Å². The standard InChI is InChI=1S/C16H28N2/c1-11-8-12(2)14(4)15(13(11)3)9-18(7)16(5,6)10-17/h8H,9-10,17H2,1-7H3. The first kappa shape index (κ1) is 15.2. The lowest BCUT2D eigenvalue weighted by Gasteiger charge is -2.35. The van der Waals surface area contributed by atoms with Crippen molar-refractivity contribution in [2.45, 2.75) is 53.6 Å². The van der Waals surface area contributed by atoms with E-state index in [2.05, 4.69) is 59.6 Å². The topological polar surface area (TPSA) is 29.3 Å². The van der Waals surface area contributed by atoms with E-state index in [1.165, 1.54) is 27.8 Å². The summed E-state index contributed by atoms with van der Waals surface area (Å²) < 4.78 is 0. The van der Waals surface area contributed by atoms with E-state index >= 15 is 0 Å². The molecule has 0 amide bonds. The van der Waals surface area contributed by atoms with Gasteiger partial charge in [0.1, 0.15) is 0 Å². The Morgan fingerprint density at radius 2 is 1.50 bits per heavy atom. The van der Waals surface area contributed by atoms with E-state index in [9.17, 15) is 0 Å². The molecule has 2 heteroatoms. The van der Waals surface area contributed by atoms with Gasteiger partial charge in [-0.3, -0.25) is 4.90 Å². The van der Waals surface area contributed by atoms with Crippen LogP contribution in [-0.2, 0) is 6.54 Å². The second kappa shape index (κ2) is 5.41. The van der Waals surface area contributed by atoms with Crippen LogP contribution in [0.25, 0.3) is 0 Å². The van der Waals surface area contributed by atoms with Gasteiger partial charge in [0.05, 0.1) is 0 Å². The Hall–Kier alpha value is -0.860. The minimum Gasteiger partial charge on any atom is -0.329 e. The highest BCUT2D eigenvalue weighted by molar-refractivity contribution is 5.44. The number of aryl methyl sites for hydroxylation is 2. The third-order valence-electron chi connectivity index (χ3n) is 4.45. The highest BCUT2D eigenvalue weighted by Crippen LogP contribution is 2.24. The van der Waals surface area contributed by atoms with E-state index in [1.807, 2.05) is 0 Å². The number of likely N-dealkylation sites (N-methyl/N-ethyl adjacent to an activating group) is 1. The van der Waals surface area contributed by atoms with Crippen LogP contribution in [-0.4, -0.2) is 24.0 Å². The smallest absolute Gasteiger partial charge is 0.0275 e. The molecule has 1 aromatic carbocycles. The van der Waals surface area contributed by atoms with Gasteiger partial charge in [0, 0.05) is 18.6 Å². The van der Waals surface area contributed by atoms with E-state index in [-0.39, 0.29) is 5.54 Å². The number of nitrogens with two attached hydrogens (primary N) is 1. The van der Waals surface area contributed by atoms with Gasteiger partial charge in [-0.15, -0.1) is 0 Å². The maximum Gasteiger partial charge on any atom is 0.0275 e. The molecule has 0 saturated carbocycles. The Bertz CT molecular complexity index is 407. The summed E-state index contributed by atoms with van der Waals surface area (Å²) in [6.45, 7) is 14.9. The van der Waals surface area contributed by atoms with Gasteiger partial charge in [0.2, 0.25) is 0 Å². The molecule has 0 aliphatic carbocycles. The molecule has 0 aliphatic rings. The number of benzene rings is 1. The summed E-state index contributed by atoms with van der Waals surface area (Å²) in [5, 5.41) is 0. The second-order valence-electron chi connectivity index (χ2n) is 6.11. The minimum absolute atomic E-state index is 0.0382. The molecule has 0 spiro atoms. The zero-order valence-electron chi connectivity index (χ0n) is 13.0. The summed E-state index contributed by atoms with van der Waals surface area (Å²) in [6, 6.07) is 2.28. The van der Waals surface area contributed by atoms with Gasteiger partial charge < -0.3 is 5.73 Å². The summed E-state index contributed by atoms with van der Waals surface area (Å²) in [4.78, 5) is 2.35. The van der Waals surface area contributed by atoms with Crippen LogP contribution in [0.2, 0.25) is 0 Å². The van der Waals surface area contributed by atoms with E-state index in [1.54, 1.807) is 0 Å². The van der Waals surface area contributed by atoms with Gasteiger partial charge in [-0.05, 0) is 76.4 Å². The summed E-state index contributed by atoms with van der Waals surface area (Å²) >= 11 is 0. The molecule has 0 fully saturated rings. The summed E-state index contributed by atoms with van der Waals surface area (Å²) in [5.41, 5.74) is 12.9. The second-order valence-corrected chi connectivity index (χ2v) is 6.11. The van der Waals surface area contributed by atoms with Gasteiger partial charge in [-0.2, -0.15) is 0 Å². The first-order chi connectivity index (χ1) is 8.20. The first-order valence-corrected chi connectivity index (χ1v) is 6.68. The van der Waals surface area contributed by atoms with Crippen molar-refractivity contribution in [2.24, 2.45) is 5.73 Å². The highest BCUT2D eigenvalue weighted by Gasteiger charge is 2.23. The molecule has 1 rings (SSSR count). The van der Waals surface area contributed by atoms with Crippen LogP contribution in [0.15, 0.2) is 6.07 Å². The molecule has 0 aromatic heterocycles. The van der Waals surface area contributed by atoms with Gasteiger partial charge >= 0.3 is 0 Å². The average Bonchev–Trinajstić information content (AvgIpc) is 2.31. The van der Waals surface area contributed by atoms with Crippen LogP contribution in [0.5, 0.6) is 0 Å². The van der Waals surface area contributed by atoms with Gasteiger partial charge in [-0.25, -0.2) is 0 Å². The van der Waals surface area contributed by atoms with Crippen LogP contribution in [0.3, 0.4) is 0 Å². The van der Waals surface area contributed by atoms with Crippen molar-refractivity contribution < 1.29 is 0 Å². The molecule has 0 heterocycles. The number of rotatable bonds is 4. The monoisotopic (exact) mass is 248 g/mol. The molecule has 1 aromatic rings. The normalized spacial score (nSPS) is 12.3. The molecule has 0 aliphatic heterocycles. The largest absolute Gasteiger partial charge is 0.329 e. The fourth-order valence-electron chi connectivity index (χ4n) is 2.14. The van der Waals surface area contributed by atoms with Crippen LogP contribution >= 0.6 is 0 Å². The summed E-state index contributed by atoms with van der Waals surface area (Å²) in [5.74, 6) is 0. The van der Waals surface area contributed by atoms with Crippen molar-refractivity contribution in [3.05, 3.63) is 33.9 Å². The third kappa shape index (κ3) is 2.93. The predicted octanol–water partition coefficient (Wildman–Crippen LogP) is 3.09. The Kier molecular flexibility index (Phi) is 4.57. The van der Waals surface area contributed by atoms with Crippen LogP contribution in [0.1, 0.15) is 41.7 Å². The Morgan fingerprint density at radius 1 is 1.06 bits per heavy atom. The van der Waals surface area contributed by atoms with E-state index < -0.39 is 0 Å². The molecule has 2 N–H and O–H groups in total. The van der Waals surface area contributed by atoms with Crippen molar-refractivity contribution in [3.63, 3.8) is 0 Å². The van der Waals surface area contributed by atoms with E-state index in [0.717, 1.165) is 6.54 Å². The molecule has 18 heavy (non-hydrogen) atoms. The SMILES string of the molecule is Cc1cc(C)c(C)c(CN(C)C(C)(C)CN)c1C. The van der Waals surface area contributed by atoms with Crippen molar-refractivity contribution >= 4 is 0 Å². The maximum atomic E-state index is 5.86. The molecule has 2 nitrogen and oxygen atoms in total. The quantitative estimate of drug-likeness (QED) is 0.887. The number of nitrogens with zero attached hydrogens (tertiary/aromatic N) is 1. The van der Waals surface area contributed by atoms with Crippen LogP contribution < -0.4 is 5.73 Å². The Balaban J connectivity index is 3.12. The zero-order chi connectivity index (χ0) is 14.1. The molecule has 0 unspecified atom stereocenters. The van der Waals surface area contributed by atoms with E-state index in [4.69, 9.17) is 5.73 Å². The molecule has 0 saturated heterocycles. The van der Waals surface area contributed by atoms with Crippen molar-refractivity contribution in [1.29, 1.82) is 0 Å². The minimum atomic E-state index is 0.0382. The van der Waals surface area contributed by atoms with Crippen LogP contribution in [0.4, 0.5) is 0 Å². The van der Waals surface area contributed by atoms with Crippen molar-refractivity contribution in [1.82, 2.24) is 4.90 Å². The lowest BCUT2D eigenvalue weighted by atomic mass is 9.92. The average molecular weight is 248 g/mol. The Morgan fingerprint density at radius 3 is 1.89 bits per heavy atom. The molecular weight excluding hydrogens is 220 g/mol. The molecule has 0 radical (unpaired) electrons. The van der Waals surface area contributed by atoms with Crippen molar-refractivity contribution in [3.8, 4) is 0 Å². The molecule has 0 atom stereocenters. The zero-order valence-corrected chi connectivity index (χ0v) is 13.0. The Labute approximate surface area is 112 Å². The predicted molar refractivity (Wildman–Crippen MR) is 80.0 cm³/mol. The lowest BCUT2D eigenvalue weighted by Crippen LogP contribution is -2.46. The molecule has 0 bridgehead atoms. The molecular formula is C16H28N2. The molecule has 102 valence electrons. The summed E-state index contributed by atoms with van der Waals surface area (Å²) in [7, 11) is 2.16. The number of hydrogen-bond acceptors (Lipinski definition) is 2. The van der Waals surface area contributed by atoms with E-state index in [0.29, 0.717) is 6.54 Å². The van der Waals surface area contributed by atoms with Gasteiger partial charge in [0.25, 0.3) is 0 Å². The maximum absolute atomic E-state index is 5.86.